The minimum absolute atomic E-state index is 0.0595. The van der Waals surface area contributed by atoms with Crippen LogP contribution >= 0.6 is 0 Å². The predicted molar refractivity (Wildman–Crippen MR) is 125 cm³/mol. The molecular weight excluding hydrogens is 679 g/mol. The average molecular weight is 690 g/mol. The standard InChI is InChI=1S/C27H11F17O2/c1-10-2-4-12-14-8-19-15(9-18(14)45-16(12)6-10)13-5-3-11(7-17(13)46-19)20(28,29)21(30,31)22(32,33)23(34,35)24(36,37)25(38,39)26(40,41)27(42,43)44/h2-9H,1H3. The van der Waals surface area contributed by atoms with E-state index in [4.69, 9.17) is 8.83 Å². The quantitative estimate of drug-likeness (QED) is 0.159. The number of fused-ring (bicyclic) bond motifs is 6. The molecule has 0 bridgehead atoms. The first-order valence-corrected chi connectivity index (χ1v) is 12.2. The number of alkyl halides is 17. The lowest BCUT2D eigenvalue weighted by atomic mass is 9.87. The van der Waals surface area contributed by atoms with Gasteiger partial charge in [0, 0.05) is 27.1 Å². The van der Waals surface area contributed by atoms with E-state index in [-0.39, 0.29) is 34.1 Å². The van der Waals surface area contributed by atoms with Gasteiger partial charge in [0.1, 0.15) is 22.3 Å². The number of furan rings is 2. The smallest absolute Gasteiger partial charge is 0.456 e. The molecule has 0 saturated heterocycles. The molecule has 2 nitrogen and oxygen atoms in total. The summed E-state index contributed by atoms with van der Waals surface area (Å²) in [6.07, 6.45) is -7.81. The number of benzene rings is 3. The van der Waals surface area contributed by atoms with Gasteiger partial charge in [-0.25, -0.2) is 0 Å². The molecule has 0 aliphatic rings. The van der Waals surface area contributed by atoms with Gasteiger partial charge in [0.05, 0.1) is 0 Å². The first kappa shape index (κ1) is 33.4. The van der Waals surface area contributed by atoms with Crippen molar-refractivity contribution in [1.82, 2.24) is 0 Å². The van der Waals surface area contributed by atoms with Crippen molar-refractivity contribution in [2.75, 3.05) is 0 Å². The summed E-state index contributed by atoms with van der Waals surface area (Å²) < 4.78 is 244. The zero-order valence-electron chi connectivity index (χ0n) is 21.9. The molecular formula is C27H11F17O2. The minimum Gasteiger partial charge on any atom is -0.456 e. The highest BCUT2D eigenvalue weighted by Crippen LogP contribution is 2.65. The second kappa shape index (κ2) is 9.33. The Kier molecular flexibility index (Phi) is 6.78. The van der Waals surface area contributed by atoms with Crippen molar-refractivity contribution >= 4 is 43.9 Å². The summed E-state index contributed by atoms with van der Waals surface area (Å²) in [6.45, 7) is 1.76. The van der Waals surface area contributed by atoms with Gasteiger partial charge in [0.25, 0.3) is 0 Å². The first-order valence-electron chi connectivity index (χ1n) is 12.2. The molecule has 0 radical (unpaired) electrons. The van der Waals surface area contributed by atoms with E-state index in [1.54, 1.807) is 25.1 Å². The molecule has 0 unspecified atom stereocenters. The largest absolute Gasteiger partial charge is 0.460 e. The summed E-state index contributed by atoms with van der Waals surface area (Å²) in [5.41, 5.74) is -1.85. The Morgan fingerprint density at radius 1 is 0.391 bits per heavy atom. The van der Waals surface area contributed by atoms with E-state index in [2.05, 4.69) is 0 Å². The van der Waals surface area contributed by atoms with Crippen molar-refractivity contribution in [2.24, 2.45) is 0 Å². The first-order chi connectivity index (χ1) is 20.6. The number of aryl methyl sites for hydroxylation is 1. The van der Waals surface area contributed by atoms with Crippen LogP contribution in [0.25, 0.3) is 43.9 Å². The number of hydrogen-bond donors (Lipinski definition) is 0. The second-order valence-electron chi connectivity index (χ2n) is 10.3. The Bertz CT molecular complexity index is 2000. The van der Waals surface area contributed by atoms with E-state index in [0.29, 0.717) is 22.4 Å². The van der Waals surface area contributed by atoms with Gasteiger partial charge in [-0.3, -0.25) is 0 Å². The molecule has 0 aliphatic heterocycles. The second-order valence-corrected chi connectivity index (χ2v) is 10.3. The van der Waals surface area contributed by atoms with Crippen LogP contribution < -0.4 is 0 Å². The molecule has 5 aromatic rings. The summed E-state index contributed by atoms with van der Waals surface area (Å²) in [7, 11) is 0. The normalized spacial score (nSPS) is 15.2. The van der Waals surface area contributed by atoms with E-state index < -0.39 is 58.8 Å². The third kappa shape index (κ3) is 4.04. The van der Waals surface area contributed by atoms with Crippen molar-refractivity contribution in [1.29, 1.82) is 0 Å². The third-order valence-electron chi connectivity index (χ3n) is 7.31. The Labute approximate surface area is 242 Å². The van der Waals surface area contributed by atoms with E-state index in [1.165, 1.54) is 12.1 Å². The zero-order chi connectivity index (χ0) is 34.8. The van der Waals surface area contributed by atoms with Crippen molar-refractivity contribution in [3.63, 3.8) is 0 Å². The van der Waals surface area contributed by atoms with Crippen LogP contribution in [0.4, 0.5) is 74.6 Å². The zero-order valence-corrected chi connectivity index (χ0v) is 21.9. The molecule has 2 heterocycles. The van der Waals surface area contributed by atoms with Gasteiger partial charge < -0.3 is 8.83 Å². The van der Waals surface area contributed by atoms with Gasteiger partial charge in [0.15, 0.2) is 0 Å². The van der Waals surface area contributed by atoms with Crippen molar-refractivity contribution in [3.05, 3.63) is 59.7 Å². The van der Waals surface area contributed by atoms with Gasteiger partial charge in [-0.2, -0.15) is 74.6 Å². The Hall–Kier alpha value is -3.93. The molecule has 0 spiro atoms. The van der Waals surface area contributed by atoms with E-state index in [9.17, 15) is 74.6 Å². The number of rotatable bonds is 7. The average Bonchev–Trinajstić information content (AvgIpc) is 3.46. The van der Waals surface area contributed by atoms with Crippen LogP contribution in [0.1, 0.15) is 11.1 Å². The Balaban J connectivity index is 1.59. The summed E-state index contributed by atoms with van der Waals surface area (Å²) >= 11 is 0. The molecule has 250 valence electrons. The fourth-order valence-electron chi connectivity index (χ4n) is 4.69. The highest BCUT2D eigenvalue weighted by molar-refractivity contribution is 6.14. The summed E-state index contributed by atoms with van der Waals surface area (Å²) in [6, 6.07) is 7.99. The van der Waals surface area contributed by atoms with Gasteiger partial charge in [-0.1, -0.05) is 18.2 Å². The summed E-state index contributed by atoms with van der Waals surface area (Å²) in [4.78, 5) is 0. The number of halogens is 17. The highest BCUT2D eigenvalue weighted by Gasteiger charge is 2.95. The Morgan fingerprint density at radius 2 is 0.761 bits per heavy atom. The fraction of sp³-hybridized carbons (Fsp3) is 0.333. The lowest BCUT2D eigenvalue weighted by Gasteiger charge is -2.42. The number of hydrogen-bond acceptors (Lipinski definition) is 2. The molecule has 0 aliphatic carbocycles. The van der Waals surface area contributed by atoms with Crippen molar-refractivity contribution < 1.29 is 83.5 Å². The van der Waals surface area contributed by atoms with Crippen LogP contribution in [0.2, 0.25) is 0 Å². The molecule has 2 aromatic heterocycles. The lowest BCUT2D eigenvalue weighted by molar-refractivity contribution is -0.462. The molecule has 3 aromatic carbocycles. The third-order valence-corrected chi connectivity index (χ3v) is 7.31. The maximum atomic E-state index is 14.9. The van der Waals surface area contributed by atoms with Crippen molar-refractivity contribution in [3.8, 4) is 0 Å². The summed E-state index contributed by atoms with van der Waals surface area (Å²) in [5.74, 6) is -57.1. The van der Waals surface area contributed by atoms with Crippen molar-refractivity contribution in [2.45, 2.75) is 54.6 Å². The van der Waals surface area contributed by atoms with Crippen LogP contribution in [-0.4, -0.2) is 41.7 Å². The molecule has 46 heavy (non-hydrogen) atoms. The van der Waals surface area contributed by atoms with Crippen LogP contribution in [0.5, 0.6) is 0 Å². The topological polar surface area (TPSA) is 26.3 Å². The van der Waals surface area contributed by atoms with Gasteiger partial charge in [-0.15, -0.1) is 0 Å². The fourth-order valence-corrected chi connectivity index (χ4v) is 4.69. The van der Waals surface area contributed by atoms with Crippen LogP contribution in [0, 0.1) is 6.92 Å². The SMILES string of the molecule is Cc1ccc2c(c1)oc1cc3c(cc12)oc1cc(C(F)(F)C(F)(F)C(F)(F)C(F)(F)C(F)(F)C(F)(F)C(F)(F)C(F)(F)F)ccc13. The molecule has 0 N–H and O–H groups in total. The van der Waals surface area contributed by atoms with E-state index in [1.807, 2.05) is 0 Å². The van der Waals surface area contributed by atoms with E-state index in [0.717, 1.165) is 5.56 Å². The molecule has 0 amide bonds. The highest BCUT2D eigenvalue weighted by atomic mass is 19.4. The molecule has 19 heteroatoms. The Morgan fingerprint density at radius 3 is 1.22 bits per heavy atom. The van der Waals surface area contributed by atoms with E-state index >= 15 is 0 Å². The van der Waals surface area contributed by atoms with Crippen LogP contribution in [0.15, 0.2) is 57.4 Å². The van der Waals surface area contributed by atoms with Gasteiger partial charge in [0.2, 0.25) is 0 Å². The van der Waals surface area contributed by atoms with Crippen LogP contribution in [0.3, 0.4) is 0 Å². The van der Waals surface area contributed by atoms with Gasteiger partial charge in [-0.05, 0) is 42.8 Å². The maximum absolute atomic E-state index is 14.9. The molecule has 5 rings (SSSR count). The maximum Gasteiger partial charge on any atom is 0.460 e. The predicted octanol–water partition coefficient (Wildman–Crippen LogP) is 11.3. The summed E-state index contributed by atoms with van der Waals surface area (Å²) in [5, 5.41) is 0.806. The van der Waals surface area contributed by atoms with Gasteiger partial charge >= 0.3 is 47.6 Å². The molecule has 0 fully saturated rings. The molecule has 0 saturated carbocycles. The lowest BCUT2D eigenvalue weighted by Crippen LogP contribution is -2.74. The monoisotopic (exact) mass is 690 g/mol. The molecule has 0 atom stereocenters. The van der Waals surface area contributed by atoms with Crippen LogP contribution in [-0.2, 0) is 5.92 Å². The minimum atomic E-state index is -8.69.